The summed E-state index contributed by atoms with van der Waals surface area (Å²) in [6.07, 6.45) is -0.387. The van der Waals surface area contributed by atoms with Crippen molar-refractivity contribution in [2.45, 2.75) is 65.2 Å². The van der Waals surface area contributed by atoms with E-state index < -0.39 is 41.9 Å². The Morgan fingerprint density at radius 2 is 1.69 bits per heavy atom. The molecule has 0 radical (unpaired) electrons. The van der Waals surface area contributed by atoms with Crippen LogP contribution < -0.4 is 10.6 Å². The average molecular weight is 589 g/mol. The molecule has 3 rings (SSSR count). The second kappa shape index (κ2) is 15.6. The Kier molecular flexibility index (Phi) is 12.2. The summed E-state index contributed by atoms with van der Waals surface area (Å²) in [5, 5.41) is 16.9. The molecule has 2 aromatic rings. The first kappa shape index (κ1) is 32.9. The van der Waals surface area contributed by atoms with Gasteiger partial charge in [-0.25, -0.2) is 13.6 Å². The van der Waals surface area contributed by atoms with E-state index in [-0.39, 0.29) is 36.5 Å². The van der Waals surface area contributed by atoms with Gasteiger partial charge >= 0.3 is 6.09 Å². The van der Waals surface area contributed by atoms with Gasteiger partial charge in [-0.15, -0.1) is 0 Å². The number of aryl methyl sites for hydroxylation is 1. The van der Waals surface area contributed by atoms with Crippen molar-refractivity contribution < 1.29 is 33.0 Å². The minimum absolute atomic E-state index is 0.0173. The number of rotatable bonds is 15. The average Bonchev–Trinajstić information content (AvgIpc) is 3.30. The Morgan fingerprint density at radius 3 is 2.29 bits per heavy atom. The molecule has 1 heterocycles. The van der Waals surface area contributed by atoms with Gasteiger partial charge in [0.2, 0.25) is 0 Å². The number of aliphatic hydroxyl groups excluding tert-OH is 1. The van der Waals surface area contributed by atoms with Crippen molar-refractivity contribution in [3.8, 4) is 0 Å². The number of halogens is 2. The van der Waals surface area contributed by atoms with Crippen LogP contribution in [-0.4, -0.2) is 90.3 Å². The van der Waals surface area contributed by atoms with Crippen LogP contribution in [0.3, 0.4) is 0 Å². The molecule has 3 N–H and O–H groups in total. The van der Waals surface area contributed by atoms with Crippen LogP contribution in [0.1, 0.15) is 65.5 Å². The molecule has 2 aromatic carbocycles. The number of hydrogen-bond donors (Lipinski definition) is 3. The zero-order valence-corrected chi connectivity index (χ0v) is 24.8. The maximum atomic E-state index is 13.9. The van der Waals surface area contributed by atoms with Crippen LogP contribution in [0.5, 0.6) is 0 Å². The fourth-order valence-electron chi connectivity index (χ4n) is 5.07. The third-order valence-corrected chi connectivity index (χ3v) is 7.08. The first-order valence-electron chi connectivity index (χ1n) is 14.6. The molecule has 0 aromatic heterocycles. The van der Waals surface area contributed by atoms with Crippen LogP contribution in [0.25, 0.3) is 0 Å². The fourth-order valence-corrected chi connectivity index (χ4v) is 5.07. The minimum Gasteiger partial charge on any atom is -0.443 e. The molecule has 1 aliphatic rings. The van der Waals surface area contributed by atoms with E-state index in [2.05, 4.69) is 10.6 Å². The Labute approximate surface area is 246 Å². The van der Waals surface area contributed by atoms with Crippen molar-refractivity contribution in [1.82, 2.24) is 20.4 Å². The third kappa shape index (κ3) is 9.22. The maximum Gasteiger partial charge on any atom is 0.410 e. The van der Waals surface area contributed by atoms with Gasteiger partial charge in [0.15, 0.2) is 0 Å². The first-order valence-corrected chi connectivity index (χ1v) is 14.6. The van der Waals surface area contributed by atoms with E-state index in [1.54, 1.807) is 28.9 Å². The molecule has 3 amide bonds. The van der Waals surface area contributed by atoms with Crippen molar-refractivity contribution in [2.24, 2.45) is 0 Å². The molecule has 3 atom stereocenters. The van der Waals surface area contributed by atoms with Crippen LogP contribution in [-0.2, 0) is 11.2 Å². The maximum absolute atomic E-state index is 13.9. The number of nitrogens with zero attached hydrogens (tertiary/aromatic N) is 2. The SMILES string of the molecule is CCCN(CCC)C(=O)c1cc(C)cc(C(=O)N[C@@H](Cc2cc(F)cc(F)c2)[C@H](O)CNC[C@@H]2CN(CC)C(=O)O2)c1. The van der Waals surface area contributed by atoms with Gasteiger partial charge in [-0.05, 0) is 74.6 Å². The summed E-state index contributed by atoms with van der Waals surface area (Å²) < 4.78 is 33.2. The number of benzene rings is 2. The van der Waals surface area contributed by atoms with Crippen LogP contribution in [0.4, 0.5) is 13.6 Å². The van der Waals surface area contributed by atoms with Crippen LogP contribution >= 0.6 is 0 Å². The predicted molar refractivity (Wildman–Crippen MR) is 155 cm³/mol. The van der Waals surface area contributed by atoms with E-state index in [1.807, 2.05) is 20.8 Å². The standard InChI is InChI=1S/C31H42F2N4O5/c1-5-8-37(9-6-2)30(40)23-11-20(4)10-22(15-23)29(39)35-27(14-21-12-24(32)16-25(33)13-21)28(38)18-34-17-26-19-36(7-3)31(41)42-26/h10-13,15-16,26-28,34,38H,5-9,14,17-19H2,1-4H3,(H,35,39)/t26-,27+,28-/m1/s1. The molecule has 1 fully saturated rings. The fraction of sp³-hybridized carbons (Fsp3) is 0.516. The number of cyclic esters (lactones) is 1. The van der Waals surface area contributed by atoms with Gasteiger partial charge in [0.05, 0.1) is 18.7 Å². The van der Waals surface area contributed by atoms with Gasteiger partial charge in [-0.1, -0.05) is 13.8 Å². The lowest BCUT2D eigenvalue weighted by Gasteiger charge is -2.26. The Hall–Kier alpha value is -3.57. The molecule has 42 heavy (non-hydrogen) atoms. The topological polar surface area (TPSA) is 111 Å². The monoisotopic (exact) mass is 588 g/mol. The van der Waals surface area contributed by atoms with E-state index in [0.29, 0.717) is 31.7 Å². The summed E-state index contributed by atoms with van der Waals surface area (Å²) in [6, 6.07) is 7.04. The van der Waals surface area contributed by atoms with Crippen molar-refractivity contribution >= 4 is 17.9 Å². The third-order valence-electron chi connectivity index (χ3n) is 7.08. The summed E-state index contributed by atoms with van der Waals surface area (Å²) in [5.41, 5.74) is 1.60. The molecule has 1 aliphatic heterocycles. The van der Waals surface area contributed by atoms with Crippen molar-refractivity contribution in [2.75, 3.05) is 39.3 Å². The number of amides is 3. The van der Waals surface area contributed by atoms with E-state index in [9.17, 15) is 28.3 Å². The highest BCUT2D eigenvalue weighted by atomic mass is 19.1. The number of ether oxygens (including phenoxy) is 1. The zero-order valence-electron chi connectivity index (χ0n) is 24.8. The molecule has 1 saturated heterocycles. The molecule has 0 aliphatic carbocycles. The van der Waals surface area contributed by atoms with Gasteiger partial charge in [-0.2, -0.15) is 0 Å². The molecular formula is C31H42F2N4O5. The second-order valence-corrected chi connectivity index (χ2v) is 10.7. The van der Waals surface area contributed by atoms with E-state index in [4.69, 9.17) is 4.74 Å². The molecular weight excluding hydrogens is 546 g/mol. The van der Waals surface area contributed by atoms with Gasteiger partial charge in [0.1, 0.15) is 17.7 Å². The number of carbonyl (C=O) groups is 3. The smallest absolute Gasteiger partial charge is 0.410 e. The van der Waals surface area contributed by atoms with Crippen molar-refractivity contribution in [3.05, 3.63) is 70.3 Å². The number of nitrogens with one attached hydrogen (secondary N) is 2. The zero-order chi connectivity index (χ0) is 30.8. The van der Waals surface area contributed by atoms with Crippen LogP contribution in [0.2, 0.25) is 0 Å². The van der Waals surface area contributed by atoms with Gasteiger partial charge in [0.25, 0.3) is 11.8 Å². The molecule has 9 nitrogen and oxygen atoms in total. The Morgan fingerprint density at radius 1 is 1.05 bits per heavy atom. The quantitative estimate of drug-likeness (QED) is 0.293. The lowest BCUT2D eigenvalue weighted by molar-refractivity contribution is 0.0755. The molecule has 0 bridgehead atoms. The highest BCUT2D eigenvalue weighted by Gasteiger charge is 2.30. The first-order chi connectivity index (χ1) is 20.0. The molecule has 230 valence electrons. The van der Waals surface area contributed by atoms with E-state index in [0.717, 1.165) is 36.6 Å². The summed E-state index contributed by atoms with van der Waals surface area (Å²) >= 11 is 0. The van der Waals surface area contributed by atoms with Crippen LogP contribution in [0, 0.1) is 18.6 Å². The number of hydrogen-bond acceptors (Lipinski definition) is 6. The number of carbonyl (C=O) groups excluding carboxylic acids is 3. The van der Waals surface area contributed by atoms with Gasteiger partial charge < -0.3 is 30.3 Å². The van der Waals surface area contributed by atoms with Crippen molar-refractivity contribution in [1.29, 1.82) is 0 Å². The second-order valence-electron chi connectivity index (χ2n) is 10.7. The van der Waals surface area contributed by atoms with Gasteiger partial charge in [0, 0.05) is 49.9 Å². The highest BCUT2D eigenvalue weighted by Crippen LogP contribution is 2.16. The Bertz CT molecular complexity index is 1220. The predicted octanol–water partition coefficient (Wildman–Crippen LogP) is 3.67. The van der Waals surface area contributed by atoms with Gasteiger partial charge in [-0.3, -0.25) is 9.59 Å². The lowest BCUT2D eigenvalue weighted by atomic mass is 9.99. The number of likely N-dealkylation sites (N-methyl/N-ethyl adjacent to an activating group) is 1. The summed E-state index contributed by atoms with van der Waals surface area (Å²) in [7, 11) is 0. The summed E-state index contributed by atoms with van der Waals surface area (Å²) in [4.78, 5) is 41.8. The summed E-state index contributed by atoms with van der Waals surface area (Å²) in [6.45, 7) is 10.1. The molecule has 11 heteroatoms. The lowest BCUT2D eigenvalue weighted by Crippen LogP contribution is -2.49. The molecule has 0 saturated carbocycles. The Balaban J connectivity index is 1.77. The van der Waals surface area contributed by atoms with Crippen LogP contribution in [0.15, 0.2) is 36.4 Å². The highest BCUT2D eigenvalue weighted by molar-refractivity contribution is 6.00. The van der Waals surface area contributed by atoms with Crippen molar-refractivity contribution in [3.63, 3.8) is 0 Å². The molecule has 0 unspecified atom stereocenters. The largest absolute Gasteiger partial charge is 0.443 e. The van der Waals surface area contributed by atoms with E-state index in [1.165, 1.54) is 6.07 Å². The normalized spacial score (nSPS) is 16.2. The molecule has 0 spiro atoms. The number of aliphatic hydroxyl groups is 1. The summed E-state index contributed by atoms with van der Waals surface area (Å²) in [5.74, 6) is -2.23. The minimum atomic E-state index is -1.16. The van der Waals surface area contributed by atoms with E-state index >= 15 is 0 Å².